The van der Waals surface area contributed by atoms with Gasteiger partial charge >= 0.3 is 0 Å². The van der Waals surface area contributed by atoms with E-state index in [1.807, 2.05) is 13.8 Å². The van der Waals surface area contributed by atoms with Crippen molar-refractivity contribution in [3.8, 4) is 0 Å². The first-order valence-electron chi connectivity index (χ1n) is 8.29. The SMILES string of the molecule is CC.CC(C)CC1(O)COC1.CC(C)CC1CCOC1. The summed E-state index contributed by atoms with van der Waals surface area (Å²) in [4.78, 5) is 0. The Morgan fingerprint density at radius 1 is 1.05 bits per heavy atom. The number of hydrogen-bond donors (Lipinski definition) is 1. The zero-order chi connectivity index (χ0) is 15.6. The van der Waals surface area contributed by atoms with Gasteiger partial charge in [0.25, 0.3) is 0 Å². The van der Waals surface area contributed by atoms with E-state index in [4.69, 9.17) is 9.47 Å². The Bertz CT molecular complexity index is 216. The summed E-state index contributed by atoms with van der Waals surface area (Å²) >= 11 is 0. The third-order valence-electron chi connectivity index (χ3n) is 3.36. The molecule has 20 heavy (non-hydrogen) atoms. The zero-order valence-corrected chi connectivity index (χ0v) is 14.4. The van der Waals surface area contributed by atoms with Crippen LogP contribution in [-0.4, -0.2) is 37.1 Å². The lowest BCUT2D eigenvalue weighted by Gasteiger charge is -2.37. The maximum atomic E-state index is 9.46. The summed E-state index contributed by atoms with van der Waals surface area (Å²) < 4.78 is 10.1. The number of rotatable bonds is 4. The minimum atomic E-state index is -0.478. The van der Waals surface area contributed by atoms with E-state index in [1.165, 1.54) is 12.8 Å². The van der Waals surface area contributed by atoms with Crippen molar-refractivity contribution in [1.29, 1.82) is 0 Å². The Kier molecular flexibility index (Phi) is 10.5. The molecule has 0 spiro atoms. The van der Waals surface area contributed by atoms with Crippen molar-refractivity contribution < 1.29 is 14.6 Å². The second-order valence-electron chi connectivity index (χ2n) is 6.67. The number of aliphatic hydroxyl groups is 1. The molecule has 1 unspecified atom stereocenters. The van der Waals surface area contributed by atoms with Crippen LogP contribution in [0.3, 0.4) is 0 Å². The largest absolute Gasteiger partial charge is 0.385 e. The lowest BCUT2D eigenvalue weighted by atomic mass is 9.91. The molecule has 0 aromatic carbocycles. The molecule has 2 saturated heterocycles. The molecule has 2 aliphatic rings. The highest BCUT2D eigenvalue weighted by Gasteiger charge is 2.36. The first-order chi connectivity index (χ1) is 9.41. The normalized spacial score (nSPS) is 23.6. The van der Waals surface area contributed by atoms with E-state index >= 15 is 0 Å². The molecule has 1 atom stereocenters. The highest BCUT2D eigenvalue weighted by Crippen LogP contribution is 2.24. The van der Waals surface area contributed by atoms with Gasteiger partial charge in [-0.2, -0.15) is 0 Å². The van der Waals surface area contributed by atoms with Crippen LogP contribution in [0.5, 0.6) is 0 Å². The van der Waals surface area contributed by atoms with Crippen molar-refractivity contribution in [1.82, 2.24) is 0 Å². The van der Waals surface area contributed by atoms with Crippen LogP contribution < -0.4 is 0 Å². The molecule has 1 N–H and O–H groups in total. The molecular formula is C17H36O3. The fourth-order valence-electron chi connectivity index (χ4n) is 2.65. The monoisotopic (exact) mass is 288 g/mol. The minimum absolute atomic E-state index is 0.478. The molecule has 0 aliphatic carbocycles. The average Bonchev–Trinajstić information content (AvgIpc) is 2.81. The van der Waals surface area contributed by atoms with Gasteiger partial charge in [-0.1, -0.05) is 41.5 Å². The Morgan fingerprint density at radius 3 is 1.90 bits per heavy atom. The van der Waals surface area contributed by atoms with E-state index in [0.29, 0.717) is 19.1 Å². The Labute approximate surface area is 126 Å². The van der Waals surface area contributed by atoms with Gasteiger partial charge < -0.3 is 14.6 Å². The molecule has 2 fully saturated rings. The highest BCUT2D eigenvalue weighted by atomic mass is 16.5. The smallest absolute Gasteiger partial charge is 0.111 e. The van der Waals surface area contributed by atoms with Crippen LogP contribution in [0.25, 0.3) is 0 Å². The predicted octanol–water partition coefficient (Wildman–Crippen LogP) is 3.89. The fourth-order valence-corrected chi connectivity index (χ4v) is 2.65. The summed E-state index contributed by atoms with van der Waals surface area (Å²) in [6.45, 7) is 15.8. The Morgan fingerprint density at radius 2 is 1.65 bits per heavy atom. The number of ether oxygens (including phenoxy) is 2. The lowest BCUT2D eigenvalue weighted by molar-refractivity contribution is -0.185. The maximum absolute atomic E-state index is 9.46. The van der Waals surface area contributed by atoms with Crippen LogP contribution in [-0.2, 0) is 9.47 Å². The van der Waals surface area contributed by atoms with Gasteiger partial charge in [0.2, 0.25) is 0 Å². The molecule has 122 valence electrons. The summed E-state index contributed by atoms with van der Waals surface area (Å²) in [5, 5.41) is 9.46. The molecule has 2 heterocycles. The quantitative estimate of drug-likeness (QED) is 0.853. The topological polar surface area (TPSA) is 38.7 Å². The van der Waals surface area contributed by atoms with Gasteiger partial charge in [0.1, 0.15) is 5.60 Å². The predicted molar refractivity (Wildman–Crippen MR) is 85.0 cm³/mol. The molecule has 0 saturated carbocycles. The van der Waals surface area contributed by atoms with E-state index in [0.717, 1.165) is 31.5 Å². The fraction of sp³-hybridized carbons (Fsp3) is 1.00. The van der Waals surface area contributed by atoms with Crippen LogP contribution in [0.2, 0.25) is 0 Å². The summed E-state index contributed by atoms with van der Waals surface area (Å²) in [5.74, 6) is 2.28. The molecule has 0 amide bonds. The second-order valence-corrected chi connectivity index (χ2v) is 6.67. The van der Waals surface area contributed by atoms with Gasteiger partial charge in [0, 0.05) is 13.2 Å². The Hall–Kier alpha value is -0.120. The first-order valence-corrected chi connectivity index (χ1v) is 8.29. The molecule has 0 aromatic heterocycles. The van der Waals surface area contributed by atoms with Crippen molar-refractivity contribution in [2.24, 2.45) is 17.8 Å². The molecule has 2 rings (SSSR count). The summed E-state index contributed by atoms with van der Waals surface area (Å²) in [5.41, 5.74) is -0.478. The van der Waals surface area contributed by atoms with Crippen LogP contribution >= 0.6 is 0 Å². The van der Waals surface area contributed by atoms with Crippen molar-refractivity contribution in [2.45, 2.75) is 66.4 Å². The molecule has 3 nitrogen and oxygen atoms in total. The second kappa shape index (κ2) is 10.6. The summed E-state index contributed by atoms with van der Waals surface area (Å²) in [6.07, 6.45) is 3.51. The van der Waals surface area contributed by atoms with Crippen LogP contribution in [0.4, 0.5) is 0 Å². The molecule has 0 radical (unpaired) electrons. The minimum Gasteiger partial charge on any atom is -0.385 e. The highest BCUT2D eigenvalue weighted by molar-refractivity contribution is 4.85. The molecular weight excluding hydrogens is 252 g/mol. The van der Waals surface area contributed by atoms with Gasteiger partial charge in [-0.25, -0.2) is 0 Å². The van der Waals surface area contributed by atoms with Gasteiger partial charge in [-0.15, -0.1) is 0 Å². The van der Waals surface area contributed by atoms with Crippen LogP contribution in [0.1, 0.15) is 60.8 Å². The average molecular weight is 288 g/mol. The zero-order valence-electron chi connectivity index (χ0n) is 14.4. The molecule has 0 aromatic rings. The Balaban J connectivity index is 0.000000321. The van der Waals surface area contributed by atoms with E-state index in [2.05, 4.69) is 27.7 Å². The van der Waals surface area contributed by atoms with Crippen LogP contribution in [0, 0.1) is 17.8 Å². The summed E-state index contributed by atoms with van der Waals surface area (Å²) in [6, 6.07) is 0. The van der Waals surface area contributed by atoms with Crippen molar-refractivity contribution >= 4 is 0 Å². The van der Waals surface area contributed by atoms with Crippen molar-refractivity contribution in [3.63, 3.8) is 0 Å². The van der Waals surface area contributed by atoms with E-state index in [9.17, 15) is 5.11 Å². The third-order valence-corrected chi connectivity index (χ3v) is 3.36. The maximum Gasteiger partial charge on any atom is 0.111 e. The van der Waals surface area contributed by atoms with Gasteiger partial charge in [0.15, 0.2) is 0 Å². The van der Waals surface area contributed by atoms with E-state index in [-0.39, 0.29) is 0 Å². The standard InChI is InChI=1S/C8H16O.C7H14O2.C2H6/c1-7(2)5-8-3-4-9-6-8;1-6(2)3-7(8)4-9-5-7;1-2/h7-8H,3-6H2,1-2H3;6,8H,3-5H2,1-2H3;1-2H3. The summed E-state index contributed by atoms with van der Waals surface area (Å²) in [7, 11) is 0. The van der Waals surface area contributed by atoms with Crippen molar-refractivity contribution in [2.75, 3.05) is 26.4 Å². The number of hydrogen-bond acceptors (Lipinski definition) is 3. The van der Waals surface area contributed by atoms with Crippen LogP contribution in [0.15, 0.2) is 0 Å². The van der Waals surface area contributed by atoms with Crippen molar-refractivity contribution in [3.05, 3.63) is 0 Å². The van der Waals surface area contributed by atoms with E-state index in [1.54, 1.807) is 0 Å². The van der Waals surface area contributed by atoms with Gasteiger partial charge in [-0.05, 0) is 37.0 Å². The lowest BCUT2D eigenvalue weighted by Crippen LogP contribution is -2.50. The van der Waals surface area contributed by atoms with E-state index < -0.39 is 5.60 Å². The van der Waals surface area contributed by atoms with Gasteiger partial charge in [0.05, 0.1) is 13.2 Å². The third kappa shape index (κ3) is 8.93. The first kappa shape index (κ1) is 19.9. The molecule has 0 bridgehead atoms. The van der Waals surface area contributed by atoms with Gasteiger partial charge in [-0.3, -0.25) is 0 Å². The molecule has 3 heteroatoms. The molecule has 2 aliphatic heterocycles.